The Morgan fingerprint density at radius 1 is 1.17 bits per heavy atom. The first kappa shape index (κ1) is 12.7. The number of quaternary nitrogens is 1. The summed E-state index contributed by atoms with van der Waals surface area (Å²) in [6.45, 7) is 3.74. The molecule has 0 aliphatic heterocycles. The summed E-state index contributed by atoms with van der Waals surface area (Å²) in [4.78, 5) is 14.6. The molecular weight excluding hydrogens is 248 g/mol. The molecule has 18 heavy (non-hydrogen) atoms. The fourth-order valence-corrected chi connectivity index (χ4v) is 2.75. The second-order valence-corrected chi connectivity index (χ2v) is 5.31. The van der Waals surface area contributed by atoms with Crippen molar-refractivity contribution in [3.8, 4) is 0 Å². The molecule has 0 aromatic carbocycles. The Labute approximate surface area is 110 Å². The van der Waals surface area contributed by atoms with Crippen molar-refractivity contribution in [1.29, 1.82) is 0 Å². The largest absolute Gasteiger partial charge is 0.368 e. The highest BCUT2D eigenvalue weighted by Gasteiger charge is 2.11. The van der Waals surface area contributed by atoms with E-state index < -0.39 is 0 Å². The summed E-state index contributed by atoms with van der Waals surface area (Å²) in [6.07, 6.45) is 0. The highest BCUT2D eigenvalue weighted by molar-refractivity contribution is 7.10. The van der Waals surface area contributed by atoms with E-state index in [2.05, 4.69) is 40.4 Å². The zero-order valence-corrected chi connectivity index (χ0v) is 11.3. The maximum Gasteiger partial charge on any atom is 0.225 e. The molecule has 0 aliphatic carbocycles. The van der Waals surface area contributed by atoms with Gasteiger partial charge in [0.05, 0.1) is 11.9 Å². The summed E-state index contributed by atoms with van der Waals surface area (Å²) in [5, 5.41) is 2.11. The van der Waals surface area contributed by atoms with Crippen LogP contribution in [-0.4, -0.2) is 22.0 Å². The number of nitrogens with one attached hydrogen (secondary N) is 1. The van der Waals surface area contributed by atoms with E-state index in [1.54, 1.807) is 11.3 Å². The Hall–Kier alpha value is -1.73. The summed E-state index contributed by atoms with van der Waals surface area (Å²) in [5.74, 6) is 0.988. The van der Waals surface area contributed by atoms with Crippen LogP contribution in [0.15, 0.2) is 11.4 Å². The number of nitrogen functional groups attached to an aromatic ring is 2. The van der Waals surface area contributed by atoms with Crippen molar-refractivity contribution in [2.24, 2.45) is 0 Å². The predicted octanol–water partition coefficient (Wildman–Crippen LogP) is -0.379. The van der Waals surface area contributed by atoms with Crippen LogP contribution in [-0.2, 0) is 13.1 Å². The Morgan fingerprint density at radius 2 is 1.83 bits per heavy atom. The summed E-state index contributed by atoms with van der Waals surface area (Å²) >= 11 is 1.77. The zero-order chi connectivity index (χ0) is 13.1. The first-order valence-electron chi connectivity index (χ1n) is 5.65. The third kappa shape index (κ3) is 3.14. The maximum atomic E-state index is 5.55. The van der Waals surface area contributed by atoms with E-state index in [0.717, 1.165) is 6.54 Å². The number of aromatic nitrogens is 3. The molecule has 0 saturated heterocycles. The first-order valence-corrected chi connectivity index (χ1v) is 6.52. The predicted molar refractivity (Wildman–Crippen MR) is 72.0 cm³/mol. The van der Waals surface area contributed by atoms with E-state index in [9.17, 15) is 0 Å². The summed E-state index contributed by atoms with van der Waals surface area (Å²) in [5.41, 5.74) is 12.4. The third-order valence-electron chi connectivity index (χ3n) is 2.61. The molecule has 0 fully saturated rings. The summed E-state index contributed by atoms with van der Waals surface area (Å²) in [6, 6.07) is 2.13. The minimum atomic E-state index is 0.178. The van der Waals surface area contributed by atoms with Gasteiger partial charge < -0.3 is 16.4 Å². The topological polar surface area (TPSA) is 95.2 Å². The Morgan fingerprint density at radius 3 is 2.39 bits per heavy atom. The van der Waals surface area contributed by atoms with E-state index in [0.29, 0.717) is 12.4 Å². The first-order chi connectivity index (χ1) is 8.54. The number of rotatable bonds is 4. The molecular formula is C11H17N6S+. The number of nitrogens with zero attached hydrogens (tertiary/aromatic N) is 3. The highest BCUT2D eigenvalue weighted by Crippen LogP contribution is 2.13. The van der Waals surface area contributed by atoms with Crippen molar-refractivity contribution in [3.05, 3.63) is 27.7 Å². The van der Waals surface area contributed by atoms with Gasteiger partial charge in [0.2, 0.25) is 11.9 Å². The molecule has 2 aromatic rings. The third-order valence-corrected chi connectivity index (χ3v) is 3.63. The molecule has 2 heterocycles. The monoisotopic (exact) mass is 265 g/mol. The van der Waals surface area contributed by atoms with Crippen LogP contribution in [0, 0.1) is 6.92 Å². The molecule has 1 atom stereocenters. The molecule has 7 heteroatoms. The average molecular weight is 265 g/mol. The van der Waals surface area contributed by atoms with Gasteiger partial charge in [-0.2, -0.15) is 15.0 Å². The highest BCUT2D eigenvalue weighted by atomic mass is 32.1. The van der Waals surface area contributed by atoms with E-state index in [-0.39, 0.29) is 11.9 Å². The number of aryl methyl sites for hydroxylation is 1. The van der Waals surface area contributed by atoms with Gasteiger partial charge >= 0.3 is 0 Å². The van der Waals surface area contributed by atoms with Crippen LogP contribution in [0.4, 0.5) is 11.9 Å². The van der Waals surface area contributed by atoms with Crippen LogP contribution in [0.3, 0.4) is 0 Å². The zero-order valence-electron chi connectivity index (χ0n) is 10.5. The van der Waals surface area contributed by atoms with Gasteiger partial charge in [-0.05, 0) is 23.9 Å². The molecule has 5 N–H and O–H groups in total. The molecule has 0 amide bonds. The number of nitrogens with two attached hydrogens (primary N) is 2. The van der Waals surface area contributed by atoms with Crippen LogP contribution in [0.2, 0.25) is 0 Å². The molecule has 0 saturated carbocycles. The molecule has 1 unspecified atom stereocenters. The van der Waals surface area contributed by atoms with Crippen LogP contribution in [0.1, 0.15) is 16.3 Å². The van der Waals surface area contributed by atoms with Crippen molar-refractivity contribution in [3.63, 3.8) is 0 Å². The van der Waals surface area contributed by atoms with Gasteiger partial charge in [0, 0.05) is 0 Å². The second-order valence-electron chi connectivity index (χ2n) is 4.31. The normalized spacial score (nSPS) is 12.6. The molecule has 6 nitrogen and oxygen atoms in total. The van der Waals surface area contributed by atoms with Crippen LogP contribution in [0.25, 0.3) is 0 Å². The minimum Gasteiger partial charge on any atom is -0.368 e. The molecule has 96 valence electrons. The van der Waals surface area contributed by atoms with Gasteiger partial charge in [-0.25, -0.2) is 0 Å². The van der Waals surface area contributed by atoms with Gasteiger partial charge in [0.15, 0.2) is 5.82 Å². The molecule has 2 rings (SSSR count). The molecule has 0 spiro atoms. The Bertz CT molecular complexity index is 518. The molecule has 0 bridgehead atoms. The Balaban J connectivity index is 2.03. The lowest BCUT2D eigenvalue weighted by molar-refractivity contribution is -0.908. The van der Waals surface area contributed by atoms with Gasteiger partial charge in [-0.15, -0.1) is 11.3 Å². The number of anilines is 2. The van der Waals surface area contributed by atoms with E-state index >= 15 is 0 Å². The van der Waals surface area contributed by atoms with Gasteiger partial charge in [0.1, 0.15) is 13.1 Å². The molecule has 0 aliphatic rings. The summed E-state index contributed by atoms with van der Waals surface area (Å²) in [7, 11) is 2.09. The number of hydrogen-bond acceptors (Lipinski definition) is 6. The van der Waals surface area contributed by atoms with Crippen LogP contribution in [0.5, 0.6) is 0 Å². The van der Waals surface area contributed by atoms with E-state index in [4.69, 9.17) is 11.5 Å². The van der Waals surface area contributed by atoms with Crippen molar-refractivity contribution >= 4 is 23.2 Å². The fourth-order valence-electron chi connectivity index (χ4n) is 1.73. The lowest BCUT2D eigenvalue weighted by Gasteiger charge is -2.12. The number of thiophene rings is 1. The summed E-state index contributed by atoms with van der Waals surface area (Å²) < 4.78 is 0. The standard InChI is InChI=1S/C11H16N6S/c1-7-3-4-18-8(7)5-17(2)6-9-14-10(12)16-11(13)15-9/h3-4H,5-6H2,1-2H3,(H4,12,13,14,15,16)/p+1. The molecule has 2 aromatic heterocycles. The van der Waals surface area contributed by atoms with Crippen LogP contribution >= 0.6 is 11.3 Å². The lowest BCUT2D eigenvalue weighted by atomic mass is 10.3. The van der Waals surface area contributed by atoms with Crippen molar-refractivity contribution < 1.29 is 4.90 Å². The smallest absolute Gasteiger partial charge is 0.225 e. The second kappa shape index (κ2) is 5.28. The average Bonchev–Trinajstić information content (AvgIpc) is 2.62. The fraction of sp³-hybridized carbons (Fsp3) is 0.364. The van der Waals surface area contributed by atoms with Crippen molar-refractivity contribution in [2.45, 2.75) is 20.0 Å². The number of hydrogen-bond donors (Lipinski definition) is 3. The van der Waals surface area contributed by atoms with Crippen molar-refractivity contribution in [1.82, 2.24) is 15.0 Å². The SMILES string of the molecule is Cc1ccsc1C[NH+](C)Cc1nc(N)nc(N)n1. The maximum absolute atomic E-state index is 5.55. The van der Waals surface area contributed by atoms with Crippen molar-refractivity contribution in [2.75, 3.05) is 18.5 Å². The quantitative estimate of drug-likeness (QED) is 0.700. The van der Waals surface area contributed by atoms with E-state index in [1.807, 2.05) is 0 Å². The van der Waals surface area contributed by atoms with E-state index in [1.165, 1.54) is 15.3 Å². The van der Waals surface area contributed by atoms with Gasteiger partial charge in [-0.1, -0.05) is 0 Å². The van der Waals surface area contributed by atoms with Gasteiger partial charge in [0.25, 0.3) is 0 Å². The minimum absolute atomic E-state index is 0.178. The Kier molecular flexibility index (Phi) is 3.73. The lowest BCUT2D eigenvalue weighted by Crippen LogP contribution is -3.06. The van der Waals surface area contributed by atoms with Crippen LogP contribution < -0.4 is 16.4 Å². The molecule has 0 radical (unpaired) electrons. The van der Waals surface area contributed by atoms with Gasteiger partial charge in [-0.3, -0.25) is 0 Å².